The summed E-state index contributed by atoms with van der Waals surface area (Å²) >= 11 is 0. The molecule has 3 amide bonds. The van der Waals surface area contributed by atoms with E-state index in [0.29, 0.717) is 30.0 Å². The Labute approximate surface area is 162 Å². The Morgan fingerprint density at radius 2 is 1.82 bits per heavy atom. The van der Waals surface area contributed by atoms with Gasteiger partial charge >= 0.3 is 6.03 Å². The molecule has 1 saturated heterocycles. The molecule has 0 radical (unpaired) electrons. The molecule has 1 fully saturated rings. The number of carbonyl (C=O) groups is 2. The summed E-state index contributed by atoms with van der Waals surface area (Å²) in [5.74, 6) is -1.57. The highest BCUT2D eigenvalue weighted by molar-refractivity contribution is 5.95. The van der Waals surface area contributed by atoms with Crippen LogP contribution < -0.4 is 10.2 Å². The van der Waals surface area contributed by atoms with Crippen molar-refractivity contribution in [3.8, 4) is 0 Å². The third-order valence-corrected chi connectivity index (χ3v) is 4.56. The van der Waals surface area contributed by atoms with Gasteiger partial charge in [0, 0.05) is 43.0 Å². The zero-order valence-electron chi connectivity index (χ0n) is 15.9. The number of urea groups is 1. The molecular weight excluding hydrogens is 364 g/mol. The zero-order chi connectivity index (χ0) is 20.3. The number of amides is 3. The molecule has 148 valence electrons. The van der Waals surface area contributed by atoms with E-state index in [1.54, 1.807) is 47.9 Å². The van der Waals surface area contributed by atoms with Crippen LogP contribution in [-0.4, -0.2) is 29.9 Å². The fourth-order valence-electron chi connectivity index (χ4n) is 3.13. The van der Waals surface area contributed by atoms with E-state index < -0.39 is 11.6 Å². The Morgan fingerprint density at radius 1 is 1.11 bits per heavy atom. The Hall–Kier alpha value is -2.96. The number of carbonyl (C=O) groups excluding carboxylic acids is 2. The molecule has 0 saturated carbocycles. The Bertz CT molecular complexity index is 865. The molecule has 0 atom stereocenters. The van der Waals surface area contributed by atoms with Crippen LogP contribution in [0.2, 0.25) is 0 Å². The van der Waals surface area contributed by atoms with E-state index in [2.05, 4.69) is 5.32 Å². The normalized spacial score (nSPS) is 14.5. The van der Waals surface area contributed by atoms with Gasteiger partial charge in [-0.1, -0.05) is 19.9 Å². The molecular formula is C21H23F2N3O2. The van der Waals surface area contributed by atoms with Gasteiger partial charge in [-0.3, -0.25) is 9.69 Å². The van der Waals surface area contributed by atoms with E-state index in [0.717, 1.165) is 12.5 Å². The van der Waals surface area contributed by atoms with E-state index in [1.165, 1.54) is 12.1 Å². The second-order valence-electron chi connectivity index (χ2n) is 7.18. The maximum atomic E-state index is 13.4. The minimum absolute atomic E-state index is 0.100. The van der Waals surface area contributed by atoms with Crippen LogP contribution in [0.4, 0.5) is 25.0 Å². The van der Waals surface area contributed by atoms with E-state index >= 15 is 0 Å². The van der Waals surface area contributed by atoms with Crippen LogP contribution in [0.1, 0.15) is 25.8 Å². The minimum Gasteiger partial charge on any atom is -0.326 e. The van der Waals surface area contributed by atoms with Crippen molar-refractivity contribution >= 4 is 23.3 Å². The molecule has 2 aromatic carbocycles. The van der Waals surface area contributed by atoms with Crippen molar-refractivity contribution in [1.29, 1.82) is 0 Å². The summed E-state index contributed by atoms with van der Waals surface area (Å²) in [6.45, 7) is 4.79. The number of halogens is 2. The number of hydrogen-bond acceptors (Lipinski definition) is 2. The van der Waals surface area contributed by atoms with Gasteiger partial charge in [-0.25, -0.2) is 13.6 Å². The second-order valence-corrected chi connectivity index (χ2v) is 7.18. The summed E-state index contributed by atoms with van der Waals surface area (Å²) in [5.41, 5.74) is 1.70. The molecule has 1 heterocycles. The van der Waals surface area contributed by atoms with Crippen molar-refractivity contribution < 1.29 is 18.4 Å². The number of hydrogen-bond donors (Lipinski definition) is 1. The first-order chi connectivity index (χ1) is 13.3. The highest BCUT2D eigenvalue weighted by atomic mass is 19.1. The number of nitrogens with one attached hydrogen (secondary N) is 1. The fourth-order valence-corrected chi connectivity index (χ4v) is 3.13. The van der Waals surface area contributed by atoms with Crippen molar-refractivity contribution in [2.24, 2.45) is 5.92 Å². The highest BCUT2D eigenvalue weighted by Gasteiger charge is 2.27. The third kappa shape index (κ3) is 4.65. The number of rotatable bonds is 5. The lowest BCUT2D eigenvalue weighted by Gasteiger charge is -2.36. The van der Waals surface area contributed by atoms with Gasteiger partial charge in [0.05, 0.1) is 0 Å². The second kappa shape index (κ2) is 8.37. The lowest BCUT2D eigenvalue weighted by molar-refractivity contribution is -0.118. The molecule has 0 aliphatic carbocycles. The van der Waals surface area contributed by atoms with E-state index in [4.69, 9.17) is 0 Å². The molecule has 0 bridgehead atoms. The molecule has 7 heteroatoms. The summed E-state index contributed by atoms with van der Waals surface area (Å²) in [6.07, 6.45) is 0.728. The van der Waals surface area contributed by atoms with Crippen LogP contribution in [0, 0.1) is 17.6 Å². The summed E-state index contributed by atoms with van der Waals surface area (Å²) in [4.78, 5) is 28.0. The average molecular weight is 387 g/mol. The fraction of sp³-hybridized carbons (Fsp3) is 0.333. The molecule has 2 aromatic rings. The van der Waals surface area contributed by atoms with Gasteiger partial charge in [0.15, 0.2) is 0 Å². The largest absolute Gasteiger partial charge is 0.326 e. The van der Waals surface area contributed by atoms with E-state index in [-0.39, 0.29) is 24.4 Å². The van der Waals surface area contributed by atoms with Crippen molar-refractivity contribution in [1.82, 2.24) is 4.90 Å². The summed E-state index contributed by atoms with van der Waals surface area (Å²) < 4.78 is 26.9. The Balaban J connectivity index is 1.76. The minimum atomic E-state index is -0.662. The molecule has 0 unspecified atom stereocenters. The molecule has 0 aromatic heterocycles. The smallest absolute Gasteiger partial charge is 0.324 e. The summed E-state index contributed by atoms with van der Waals surface area (Å²) in [7, 11) is 0. The average Bonchev–Trinajstić information content (AvgIpc) is 2.63. The van der Waals surface area contributed by atoms with Gasteiger partial charge in [-0.15, -0.1) is 0 Å². The maximum Gasteiger partial charge on any atom is 0.324 e. The van der Waals surface area contributed by atoms with Gasteiger partial charge < -0.3 is 10.2 Å². The first-order valence-electron chi connectivity index (χ1n) is 9.26. The predicted molar refractivity (Wildman–Crippen MR) is 104 cm³/mol. The van der Waals surface area contributed by atoms with Gasteiger partial charge in [0.2, 0.25) is 5.91 Å². The standard InChI is InChI=1S/C21H23F2N3O2/c1-14(2)20(27)24-18-5-3-6-19(12-18)26-8-4-7-25(21(26)28)13-15-9-16(22)11-17(23)10-15/h3,5-6,9-12,14H,4,7-8,13H2,1-2H3,(H,24,27). The van der Waals surface area contributed by atoms with Gasteiger partial charge in [0.1, 0.15) is 11.6 Å². The molecule has 1 aliphatic rings. The lowest BCUT2D eigenvalue weighted by atomic mass is 10.1. The van der Waals surface area contributed by atoms with E-state index in [1.807, 2.05) is 0 Å². The number of nitrogens with zero attached hydrogens (tertiary/aromatic N) is 2. The first kappa shape index (κ1) is 19.8. The summed E-state index contributed by atoms with van der Waals surface area (Å²) in [5, 5.41) is 2.83. The van der Waals surface area contributed by atoms with Crippen LogP contribution in [0.3, 0.4) is 0 Å². The Kier molecular flexibility index (Phi) is 5.92. The molecule has 28 heavy (non-hydrogen) atoms. The van der Waals surface area contributed by atoms with Crippen molar-refractivity contribution in [3.05, 3.63) is 59.7 Å². The molecule has 5 nitrogen and oxygen atoms in total. The monoisotopic (exact) mass is 387 g/mol. The van der Waals surface area contributed by atoms with E-state index in [9.17, 15) is 18.4 Å². The third-order valence-electron chi connectivity index (χ3n) is 4.56. The molecule has 1 aliphatic heterocycles. The Morgan fingerprint density at radius 3 is 2.50 bits per heavy atom. The zero-order valence-corrected chi connectivity index (χ0v) is 15.9. The predicted octanol–water partition coefficient (Wildman–Crippen LogP) is 4.39. The van der Waals surface area contributed by atoms with Crippen LogP contribution in [-0.2, 0) is 11.3 Å². The van der Waals surface area contributed by atoms with Gasteiger partial charge in [-0.05, 0) is 42.3 Å². The quantitative estimate of drug-likeness (QED) is 0.827. The van der Waals surface area contributed by atoms with Crippen molar-refractivity contribution in [2.75, 3.05) is 23.3 Å². The lowest BCUT2D eigenvalue weighted by Crippen LogP contribution is -2.49. The number of benzene rings is 2. The molecule has 0 spiro atoms. The van der Waals surface area contributed by atoms with Crippen molar-refractivity contribution in [2.45, 2.75) is 26.8 Å². The van der Waals surface area contributed by atoms with Gasteiger partial charge in [0.25, 0.3) is 0 Å². The number of anilines is 2. The topological polar surface area (TPSA) is 52.7 Å². The molecule has 3 rings (SSSR count). The SMILES string of the molecule is CC(C)C(=O)Nc1cccc(N2CCCN(Cc3cc(F)cc(F)c3)C2=O)c1. The van der Waals surface area contributed by atoms with Crippen LogP contribution in [0.5, 0.6) is 0 Å². The maximum absolute atomic E-state index is 13.4. The first-order valence-corrected chi connectivity index (χ1v) is 9.26. The van der Waals surface area contributed by atoms with Gasteiger partial charge in [-0.2, -0.15) is 0 Å². The van der Waals surface area contributed by atoms with Crippen LogP contribution in [0.15, 0.2) is 42.5 Å². The van der Waals surface area contributed by atoms with Crippen LogP contribution in [0.25, 0.3) is 0 Å². The summed E-state index contributed by atoms with van der Waals surface area (Å²) in [6, 6.07) is 10.1. The highest BCUT2D eigenvalue weighted by Crippen LogP contribution is 2.25. The van der Waals surface area contributed by atoms with Crippen molar-refractivity contribution in [3.63, 3.8) is 0 Å². The molecule has 1 N–H and O–H groups in total. The van der Waals surface area contributed by atoms with Crippen LogP contribution >= 0.6 is 0 Å².